The van der Waals surface area contributed by atoms with Crippen LogP contribution >= 0.6 is 0 Å². The first-order chi connectivity index (χ1) is 16.1. The molecule has 1 amide bonds. The number of hydrogen-bond donors (Lipinski definition) is 1. The number of hydrazone groups is 1. The number of aryl methyl sites for hydroxylation is 1. The molecule has 33 heavy (non-hydrogen) atoms. The number of benzene rings is 2. The zero-order chi connectivity index (χ0) is 22.8. The molecule has 170 valence electrons. The maximum absolute atomic E-state index is 13.3. The number of aromatic hydroxyl groups is 1. The summed E-state index contributed by atoms with van der Waals surface area (Å²) in [6, 6.07) is 19.1. The second-order valence-electron chi connectivity index (χ2n) is 8.67. The summed E-state index contributed by atoms with van der Waals surface area (Å²) in [5.41, 5.74) is 4.22. The van der Waals surface area contributed by atoms with Crippen molar-refractivity contribution in [2.45, 2.75) is 19.4 Å². The number of nitrogens with zero attached hydrogens (tertiary/aromatic N) is 4. The Morgan fingerprint density at radius 2 is 1.76 bits per heavy atom. The molecule has 0 radical (unpaired) electrons. The monoisotopic (exact) mass is 444 g/mol. The molecular weight excluding hydrogens is 416 g/mol. The van der Waals surface area contributed by atoms with Gasteiger partial charge in [-0.1, -0.05) is 29.8 Å². The minimum Gasteiger partial charge on any atom is -0.508 e. The van der Waals surface area contributed by atoms with Crippen molar-refractivity contribution >= 4 is 17.3 Å². The second-order valence-corrected chi connectivity index (χ2v) is 8.67. The number of rotatable bonds is 5. The Morgan fingerprint density at radius 1 is 1.03 bits per heavy atom. The molecule has 1 atom stereocenters. The molecule has 0 aliphatic carbocycles. The standard InChI is InChI=1S/C26H28N4O3/c1-19-4-6-20(7-5-19)23-17-24(25-3-2-16-33-25)30(27-23)26(32)18-28-12-14-29(15-13-28)21-8-10-22(31)11-9-21/h2-11,16,24,31H,12-15,17-18H2,1H3/t24-/m1/s1. The van der Waals surface area contributed by atoms with E-state index in [1.165, 1.54) is 5.56 Å². The zero-order valence-corrected chi connectivity index (χ0v) is 18.7. The smallest absolute Gasteiger partial charge is 0.257 e. The zero-order valence-electron chi connectivity index (χ0n) is 18.7. The maximum Gasteiger partial charge on any atom is 0.257 e. The lowest BCUT2D eigenvalue weighted by molar-refractivity contribution is -0.134. The van der Waals surface area contributed by atoms with E-state index in [0.29, 0.717) is 13.0 Å². The van der Waals surface area contributed by atoms with E-state index in [-0.39, 0.29) is 17.7 Å². The fourth-order valence-corrected chi connectivity index (χ4v) is 4.45. The minimum absolute atomic E-state index is 0.0170. The van der Waals surface area contributed by atoms with Crippen LogP contribution in [0.1, 0.15) is 29.3 Å². The average Bonchev–Trinajstić information content (AvgIpc) is 3.51. The van der Waals surface area contributed by atoms with Crippen LogP contribution in [0.15, 0.2) is 76.4 Å². The molecule has 7 heteroatoms. The van der Waals surface area contributed by atoms with E-state index >= 15 is 0 Å². The summed E-state index contributed by atoms with van der Waals surface area (Å²) in [6.07, 6.45) is 2.28. The lowest BCUT2D eigenvalue weighted by Crippen LogP contribution is -2.49. The molecule has 3 heterocycles. The first-order valence-electron chi connectivity index (χ1n) is 11.3. The quantitative estimate of drug-likeness (QED) is 0.648. The summed E-state index contributed by atoms with van der Waals surface area (Å²) in [5.74, 6) is 1.01. The predicted molar refractivity (Wildman–Crippen MR) is 127 cm³/mol. The van der Waals surface area contributed by atoms with Crippen LogP contribution in [0.3, 0.4) is 0 Å². The van der Waals surface area contributed by atoms with Gasteiger partial charge in [-0.2, -0.15) is 5.10 Å². The molecule has 2 aromatic carbocycles. The van der Waals surface area contributed by atoms with Crippen molar-refractivity contribution in [1.29, 1.82) is 0 Å². The summed E-state index contributed by atoms with van der Waals surface area (Å²) >= 11 is 0. The Balaban J connectivity index is 1.26. The highest BCUT2D eigenvalue weighted by atomic mass is 16.3. The molecule has 3 aromatic rings. The molecule has 1 fully saturated rings. The number of phenols is 1. The van der Waals surface area contributed by atoms with Gasteiger partial charge in [-0.3, -0.25) is 9.69 Å². The Hall–Kier alpha value is -3.58. The fourth-order valence-electron chi connectivity index (χ4n) is 4.45. The molecule has 2 aliphatic heterocycles. The second kappa shape index (κ2) is 9.11. The third kappa shape index (κ3) is 4.64. The van der Waals surface area contributed by atoms with Gasteiger partial charge < -0.3 is 14.4 Å². The number of carbonyl (C=O) groups excluding carboxylic acids is 1. The van der Waals surface area contributed by atoms with E-state index in [4.69, 9.17) is 9.52 Å². The van der Waals surface area contributed by atoms with Crippen molar-refractivity contribution in [3.63, 3.8) is 0 Å². The number of carbonyl (C=O) groups is 1. The number of anilines is 1. The van der Waals surface area contributed by atoms with E-state index in [1.54, 1.807) is 23.4 Å². The molecular formula is C26H28N4O3. The normalized spacial score (nSPS) is 19.1. The number of amides is 1. The van der Waals surface area contributed by atoms with Gasteiger partial charge in [-0.15, -0.1) is 0 Å². The summed E-state index contributed by atoms with van der Waals surface area (Å²) in [7, 11) is 0. The van der Waals surface area contributed by atoms with E-state index in [2.05, 4.69) is 41.0 Å². The van der Waals surface area contributed by atoms with Crippen LogP contribution in [0.2, 0.25) is 0 Å². The summed E-state index contributed by atoms with van der Waals surface area (Å²) in [6.45, 7) is 5.63. The van der Waals surface area contributed by atoms with Gasteiger partial charge in [0, 0.05) is 38.3 Å². The van der Waals surface area contributed by atoms with Crippen molar-refractivity contribution in [1.82, 2.24) is 9.91 Å². The van der Waals surface area contributed by atoms with Crippen LogP contribution < -0.4 is 4.90 Å². The molecule has 1 aromatic heterocycles. The van der Waals surface area contributed by atoms with Crippen LogP contribution in [0.4, 0.5) is 5.69 Å². The summed E-state index contributed by atoms with van der Waals surface area (Å²) < 4.78 is 5.66. The maximum atomic E-state index is 13.3. The fraction of sp³-hybridized carbons (Fsp3) is 0.308. The van der Waals surface area contributed by atoms with E-state index in [9.17, 15) is 9.90 Å². The Morgan fingerprint density at radius 3 is 2.42 bits per heavy atom. The highest BCUT2D eigenvalue weighted by Gasteiger charge is 2.35. The van der Waals surface area contributed by atoms with Gasteiger partial charge in [-0.25, -0.2) is 5.01 Å². The predicted octanol–water partition coefficient (Wildman–Crippen LogP) is 3.79. The van der Waals surface area contributed by atoms with Gasteiger partial charge in [-0.05, 0) is 48.9 Å². The molecule has 2 aliphatic rings. The first kappa shape index (κ1) is 21.3. The average molecular weight is 445 g/mol. The van der Waals surface area contributed by atoms with Gasteiger partial charge in [0.15, 0.2) is 0 Å². The third-order valence-electron chi connectivity index (χ3n) is 6.37. The summed E-state index contributed by atoms with van der Waals surface area (Å²) in [5, 5.41) is 15.9. The lowest BCUT2D eigenvalue weighted by atomic mass is 10.0. The molecule has 0 unspecified atom stereocenters. The van der Waals surface area contributed by atoms with Gasteiger partial charge in [0.2, 0.25) is 0 Å². The van der Waals surface area contributed by atoms with Crippen LogP contribution in [0, 0.1) is 6.92 Å². The largest absolute Gasteiger partial charge is 0.508 e. The highest BCUT2D eigenvalue weighted by Crippen LogP contribution is 2.33. The van der Waals surface area contributed by atoms with Gasteiger partial charge in [0.05, 0.1) is 18.5 Å². The number of phenolic OH excluding ortho intramolecular Hbond substituents is 1. The Bertz CT molecular complexity index is 1120. The van der Waals surface area contributed by atoms with Crippen LogP contribution in [-0.4, -0.2) is 59.4 Å². The highest BCUT2D eigenvalue weighted by molar-refractivity contribution is 6.03. The molecule has 1 N–H and O–H groups in total. The van der Waals surface area contributed by atoms with Crippen molar-refractivity contribution in [2.24, 2.45) is 5.10 Å². The molecule has 0 saturated carbocycles. The lowest BCUT2D eigenvalue weighted by Gasteiger charge is -2.36. The van der Waals surface area contributed by atoms with Crippen molar-refractivity contribution in [3.8, 4) is 5.75 Å². The molecule has 5 rings (SSSR count). The van der Waals surface area contributed by atoms with Crippen molar-refractivity contribution in [3.05, 3.63) is 83.8 Å². The summed E-state index contributed by atoms with van der Waals surface area (Å²) in [4.78, 5) is 17.8. The van der Waals surface area contributed by atoms with Gasteiger partial charge in [0.1, 0.15) is 17.6 Å². The van der Waals surface area contributed by atoms with E-state index in [0.717, 1.165) is 48.9 Å². The third-order valence-corrected chi connectivity index (χ3v) is 6.37. The Kier molecular flexibility index (Phi) is 5.88. The number of furan rings is 1. The topological polar surface area (TPSA) is 72.5 Å². The van der Waals surface area contributed by atoms with Gasteiger partial charge >= 0.3 is 0 Å². The van der Waals surface area contributed by atoms with Crippen molar-refractivity contribution in [2.75, 3.05) is 37.6 Å². The molecule has 0 bridgehead atoms. The SMILES string of the molecule is Cc1ccc(C2=NN(C(=O)CN3CCN(c4ccc(O)cc4)CC3)[C@@H](c3ccco3)C2)cc1. The van der Waals surface area contributed by atoms with E-state index < -0.39 is 0 Å². The van der Waals surface area contributed by atoms with E-state index in [1.807, 2.05) is 24.3 Å². The first-order valence-corrected chi connectivity index (χ1v) is 11.3. The minimum atomic E-state index is -0.220. The van der Waals surface area contributed by atoms with Gasteiger partial charge in [0.25, 0.3) is 5.91 Å². The number of hydrogen-bond acceptors (Lipinski definition) is 6. The van der Waals surface area contributed by atoms with Crippen LogP contribution in [0.5, 0.6) is 5.75 Å². The molecule has 7 nitrogen and oxygen atoms in total. The Labute approximate surface area is 193 Å². The number of piperazine rings is 1. The van der Waals surface area contributed by atoms with Crippen LogP contribution in [0.25, 0.3) is 0 Å². The molecule has 0 spiro atoms. The van der Waals surface area contributed by atoms with Crippen molar-refractivity contribution < 1.29 is 14.3 Å². The molecule has 1 saturated heterocycles. The van der Waals surface area contributed by atoms with Crippen LogP contribution in [-0.2, 0) is 4.79 Å².